The van der Waals surface area contributed by atoms with Crippen LogP contribution in [0.2, 0.25) is 0 Å². The third-order valence-corrected chi connectivity index (χ3v) is 7.79. The topological polar surface area (TPSA) is 108 Å². The molecule has 0 radical (unpaired) electrons. The Morgan fingerprint density at radius 2 is 1.86 bits per heavy atom. The number of carbonyl (C=O) groups is 3. The maximum absolute atomic E-state index is 13.8. The van der Waals surface area contributed by atoms with E-state index in [1.165, 1.54) is 0 Å². The van der Waals surface area contributed by atoms with Crippen LogP contribution in [0.3, 0.4) is 0 Å². The van der Waals surface area contributed by atoms with Crippen LogP contribution in [0.4, 0.5) is 5.82 Å². The number of nitrogens with zero attached hydrogens (tertiary/aromatic N) is 3. The number of rotatable bonds is 8. The Bertz CT molecular complexity index is 1080. The first-order valence-electron chi connectivity index (χ1n) is 12.8. The van der Waals surface area contributed by atoms with Gasteiger partial charge in [0.2, 0.25) is 17.7 Å². The smallest absolute Gasteiger partial charge is 0.248 e. The highest BCUT2D eigenvalue weighted by Gasteiger charge is 2.41. The predicted octanol–water partition coefficient (Wildman–Crippen LogP) is 3.24. The summed E-state index contributed by atoms with van der Waals surface area (Å²) >= 11 is 3.47. The molecule has 2 aliphatic rings. The molecule has 2 heterocycles. The first-order chi connectivity index (χ1) is 17.4. The van der Waals surface area contributed by atoms with E-state index >= 15 is 0 Å². The summed E-state index contributed by atoms with van der Waals surface area (Å²) in [6.07, 6.45) is 8.02. The van der Waals surface area contributed by atoms with Crippen molar-refractivity contribution in [3.8, 4) is 5.69 Å². The minimum absolute atomic E-state index is 0.0847. The molecule has 1 aromatic heterocycles. The van der Waals surface area contributed by atoms with E-state index in [1.807, 2.05) is 24.3 Å². The first kappa shape index (κ1) is 26.3. The summed E-state index contributed by atoms with van der Waals surface area (Å²) in [5, 5.41) is 13.3. The van der Waals surface area contributed by atoms with E-state index in [4.69, 9.17) is 0 Å². The van der Waals surface area contributed by atoms with Crippen molar-refractivity contribution in [3.05, 3.63) is 41.0 Å². The molecule has 1 aromatic carbocycles. The molecule has 3 atom stereocenters. The van der Waals surface area contributed by atoms with E-state index in [2.05, 4.69) is 37.0 Å². The number of nitrogens with one attached hydrogen (secondary N) is 3. The van der Waals surface area contributed by atoms with E-state index in [0.29, 0.717) is 18.8 Å². The lowest BCUT2D eigenvalue weighted by molar-refractivity contribution is -0.142. The maximum Gasteiger partial charge on any atom is 0.248 e. The van der Waals surface area contributed by atoms with Crippen LogP contribution in [0.15, 0.2) is 41.0 Å². The molecule has 36 heavy (non-hydrogen) atoms. The molecule has 1 saturated heterocycles. The van der Waals surface area contributed by atoms with Crippen molar-refractivity contribution in [2.45, 2.75) is 70.0 Å². The van der Waals surface area contributed by atoms with E-state index in [0.717, 1.165) is 48.7 Å². The fraction of sp³-hybridized carbons (Fsp3) is 0.538. The number of likely N-dealkylation sites (tertiary alicyclic amines) is 1. The third-order valence-electron chi connectivity index (χ3n) is 7.30. The highest BCUT2D eigenvalue weighted by atomic mass is 79.9. The number of halogens is 1. The Morgan fingerprint density at radius 1 is 1.08 bits per heavy atom. The number of hydrogen-bond acceptors (Lipinski definition) is 5. The first-order valence-corrected chi connectivity index (χ1v) is 13.6. The van der Waals surface area contributed by atoms with Crippen LogP contribution in [-0.4, -0.2) is 64.1 Å². The Morgan fingerprint density at radius 3 is 2.58 bits per heavy atom. The zero-order valence-corrected chi connectivity index (χ0v) is 22.5. The largest absolute Gasteiger partial charge is 0.343 e. The van der Waals surface area contributed by atoms with Crippen LogP contribution < -0.4 is 16.0 Å². The van der Waals surface area contributed by atoms with Gasteiger partial charge in [-0.3, -0.25) is 14.4 Å². The molecule has 0 spiro atoms. The number of aromatic nitrogens is 2. The average Bonchev–Trinajstić information content (AvgIpc) is 3.57. The Labute approximate surface area is 220 Å². The van der Waals surface area contributed by atoms with Crippen molar-refractivity contribution in [2.24, 2.45) is 5.92 Å². The van der Waals surface area contributed by atoms with Crippen molar-refractivity contribution in [1.82, 2.24) is 25.3 Å². The second-order valence-corrected chi connectivity index (χ2v) is 10.6. The molecule has 1 aliphatic heterocycles. The zero-order chi connectivity index (χ0) is 25.7. The molecule has 10 heteroatoms. The van der Waals surface area contributed by atoms with Gasteiger partial charge in [0.25, 0.3) is 0 Å². The van der Waals surface area contributed by atoms with Gasteiger partial charge in [0.05, 0.1) is 17.9 Å². The van der Waals surface area contributed by atoms with Gasteiger partial charge in [-0.15, -0.1) is 0 Å². The summed E-state index contributed by atoms with van der Waals surface area (Å²) in [5.74, 6) is 0.0325. The number of benzene rings is 1. The van der Waals surface area contributed by atoms with Gasteiger partial charge in [0.15, 0.2) is 0 Å². The van der Waals surface area contributed by atoms with Crippen molar-refractivity contribution in [3.63, 3.8) is 0 Å². The van der Waals surface area contributed by atoms with Gasteiger partial charge in [-0.2, -0.15) is 5.10 Å². The van der Waals surface area contributed by atoms with E-state index in [-0.39, 0.29) is 23.6 Å². The minimum Gasteiger partial charge on any atom is -0.343 e. The van der Waals surface area contributed by atoms with Crippen molar-refractivity contribution < 1.29 is 14.4 Å². The van der Waals surface area contributed by atoms with Crippen LogP contribution in [0.1, 0.15) is 51.9 Å². The normalized spacial score (nSPS) is 20.1. The van der Waals surface area contributed by atoms with Gasteiger partial charge in [0.1, 0.15) is 17.9 Å². The van der Waals surface area contributed by atoms with Crippen molar-refractivity contribution in [1.29, 1.82) is 0 Å². The second kappa shape index (κ2) is 12.0. The average molecular weight is 560 g/mol. The molecule has 2 aromatic rings. The highest BCUT2D eigenvalue weighted by Crippen LogP contribution is 2.30. The van der Waals surface area contributed by atoms with Crippen LogP contribution in [-0.2, 0) is 14.4 Å². The molecule has 1 aliphatic carbocycles. The summed E-state index contributed by atoms with van der Waals surface area (Å²) < 4.78 is 2.57. The molecule has 9 nitrogen and oxygen atoms in total. The van der Waals surface area contributed by atoms with E-state index < -0.39 is 18.1 Å². The van der Waals surface area contributed by atoms with Gasteiger partial charge in [-0.25, -0.2) is 4.68 Å². The lowest BCUT2D eigenvalue weighted by Gasteiger charge is -2.35. The molecule has 2 fully saturated rings. The molecule has 4 rings (SSSR count). The van der Waals surface area contributed by atoms with Gasteiger partial charge >= 0.3 is 0 Å². The lowest BCUT2D eigenvalue weighted by Crippen LogP contribution is -2.57. The molecule has 3 amide bonds. The lowest BCUT2D eigenvalue weighted by atomic mass is 9.83. The minimum atomic E-state index is -0.616. The van der Waals surface area contributed by atoms with Gasteiger partial charge in [-0.1, -0.05) is 41.3 Å². The summed E-state index contributed by atoms with van der Waals surface area (Å²) in [7, 11) is 1.72. The molecular weight excluding hydrogens is 524 g/mol. The summed E-state index contributed by atoms with van der Waals surface area (Å²) in [6.45, 7) is 2.28. The van der Waals surface area contributed by atoms with Crippen LogP contribution in [0, 0.1) is 5.92 Å². The monoisotopic (exact) mass is 558 g/mol. The SMILES string of the molecule is CN[C@@H](C)C(=O)N[C@H](C(=O)N1CCC[C@H]1C(=O)Nc1ccnn1-c1cccc(Br)c1)C1CCCCC1. The standard InChI is InChI=1S/C26H35BrN6O3/c1-17(28-2)24(34)31-23(18-8-4-3-5-9-18)26(36)32-15-7-12-21(32)25(35)30-22-13-14-29-33(22)20-11-6-10-19(27)16-20/h6,10-11,13-14,16-18,21,23,28H,3-5,7-9,12,15H2,1-2H3,(H,30,35)(H,31,34)/t17-,21-,23-/m0/s1. The zero-order valence-electron chi connectivity index (χ0n) is 20.9. The highest BCUT2D eigenvalue weighted by molar-refractivity contribution is 9.10. The molecule has 194 valence electrons. The summed E-state index contributed by atoms with van der Waals surface area (Å²) in [5.41, 5.74) is 0.808. The second-order valence-electron chi connectivity index (χ2n) is 9.68. The van der Waals surface area contributed by atoms with Gasteiger partial charge < -0.3 is 20.9 Å². The summed E-state index contributed by atoms with van der Waals surface area (Å²) in [4.78, 5) is 41.6. The number of anilines is 1. The fourth-order valence-electron chi connectivity index (χ4n) is 5.16. The maximum atomic E-state index is 13.8. The van der Waals surface area contributed by atoms with Crippen molar-refractivity contribution in [2.75, 3.05) is 18.9 Å². The van der Waals surface area contributed by atoms with Gasteiger partial charge in [0, 0.05) is 17.1 Å². The number of hydrogen-bond donors (Lipinski definition) is 3. The molecule has 1 saturated carbocycles. The molecule has 0 unspecified atom stereocenters. The predicted molar refractivity (Wildman–Crippen MR) is 142 cm³/mol. The Kier molecular flexibility index (Phi) is 8.79. The third kappa shape index (κ3) is 5.98. The number of amides is 3. The van der Waals surface area contributed by atoms with Gasteiger partial charge in [-0.05, 0) is 63.8 Å². The molecular formula is C26H35BrN6O3. The summed E-state index contributed by atoms with van der Waals surface area (Å²) in [6, 6.07) is 7.77. The Balaban J connectivity index is 1.50. The van der Waals surface area contributed by atoms with E-state index in [9.17, 15) is 14.4 Å². The van der Waals surface area contributed by atoms with Crippen LogP contribution >= 0.6 is 15.9 Å². The molecule has 3 N–H and O–H groups in total. The van der Waals surface area contributed by atoms with Crippen LogP contribution in [0.5, 0.6) is 0 Å². The van der Waals surface area contributed by atoms with E-state index in [1.54, 1.807) is 35.8 Å². The Hall–Kier alpha value is -2.72. The van der Waals surface area contributed by atoms with Crippen molar-refractivity contribution >= 4 is 39.5 Å². The fourth-order valence-corrected chi connectivity index (χ4v) is 5.55. The molecule has 0 bridgehead atoms. The number of carbonyl (C=O) groups excluding carboxylic acids is 3. The quantitative estimate of drug-likeness (QED) is 0.461. The van der Waals surface area contributed by atoms with Crippen LogP contribution in [0.25, 0.3) is 5.69 Å². The number of likely N-dealkylation sites (N-methyl/N-ethyl adjacent to an activating group) is 1.